The molecule has 0 aliphatic heterocycles. The monoisotopic (exact) mass is 302 g/mol. The maximum absolute atomic E-state index is 10.9. The highest BCUT2D eigenvalue weighted by atomic mass is 16.6. The summed E-state index contributed by atoms with van der Waals surface area (Å²) < 4.78 is 9.97. The number of ether oxygens (including phenoxy) is 2. The number of nitrogens with zero attached hydrogens (tertiary/aromatic N) is 3. The molecule has 0 radical (unpaired) electrons. The molecule has 0 bridgehead atoms. The molecule has 0 spiro atoms. The number of nitro benzene ring substituents is 1. The van der Waals surface area contributed by atoms with Crippen molar-refractivity contribution in [3.63, 3.8) is 0 Å². The van der Waals surface area contributed by atoms with Gasteiger partial charge in [0.25, 0.3) is 0 Å². The first-order chi connectivity index (χ1) is 10.5. The minimum Gasteiger partial charge on any atom is -0.495 e. The maximum atomic E-state index is 10.9. The molecule has 2 rings (SSSR count). The van der Waals surface area contributed by atoms with Crippen molar-refractivity contribution in [1.82, 2.24) is 0 Å². The average Bonchev–Trinajstić information content (AvgIpc) is 2.52. The van der Waals surface area contributed by atoms with Crippen molar-refractivity contribution in [3.8, 4) is 11.5 Å². The van der Waals surface area contributed by atoms with Crippen molar-refractivity contribution in [2.75, 3.05) is 20.0 Å². The van der Waals surface area contributed by atoms with E-state index in [0.717, 1.165) is 0 Å². The Labute approximate surface area is 126 Å². The van der Waals surface area contributed by atoms with Crippen LogP contribution in [0.4, 0.5) is 22.7 Å². The Morgan fingerprint density at radius 1 is 1.00 bits per heavy atom. The fraction of sp³-hybridized carbons (Fsp3) is 0.143. The van der Waals surface area contributed by atoms with E-state index in [4.69, 9.17) is 15.2 Å². The number of methoxy groups -OCH3 is 2. The zero-order valence-corrected chi connectivity index (χ0v) is 12.0. The largest absolute Gasteiger partial charge is 0.495 e. The van der Waals surface area contributed by atoms with Crippen LogP contribution in [0.25, 0.3) is 0 Å². The molecule has 22 heavy (non-hydrogen) atoms. The first-order valence-electron chi connectivity index (χ1n) is 6.23. The second kappa shape index (κ2) is 6.53. The molecule has 8 heteroatoms. The second-order valence-electron chi connectivity index (χ2n) is 4.24. The van der Waals surface area contributed by atoms with Gasteiger partial charge in [-0.3, -0.25) is 10.1 Å². The van der Waals surface area contributed by atoms with Crippen molar-refractivity contribution in [2.45, 2.75) is 0 Å². The van der Waals surface area contributed by atoms with E-state index in [1.807, 2.05) is 0 Å². The molecular formula is C14H14N4O4. The van der Waals surface area contributed by atoms with Crippen molar-refractivity contribution in [2.24, 2.45) is 10.2 Å². The molecule has 0 amide bonds. The third-order valence-electron chi connectivity index (χ3n) is 2.85. The summed E-state index contributed by atoms with van der Waals surface area (Å²) >= 11 is 0. The van der Waals surface area contributed by atoms with E-state index in [1.54, 1.807) is 24.3 Å². The number of benzene rings is 2. The van der Waals surface area contributed by atoms with E-state index in [9.17, 15) is 10.1 Å². The van der Waals surface area contributed by atoms with Gasteiger partial charge in [-0.25, -0.2) is 0 Å². The lowest BCUT2D eigenvalue weighted by molar-refractivity contribution is -0.385. The third kappa shape index (κ3) is 3.29. The Morgan fingerprint density at radius 3 is 2.05 bits per heavy atom. The van der Waals surface area contributed by atoms with Gasteiger partial charge in [-0.15, -0.1) is 0 Å². The van der Waals surface area contributed by atoms with E-state index in [-0.39, 0.29) is 11.4 Å². The Morgan fingerprint density at radius 2 is 1.55 bits per heavy atom. The fourth-order valence-corrected chi connectivity index (χ4v) is 1.78. The predicted molar refractivity (Wildman–Crippen MR) is 81.2 cm³/mol. The average molecular weight is 302 g/mol. The Hall–Kier alpha value is -3.16. The highest BCUT2D eigenvalue weighted by Gasteiger charge is 2.15. The van der Waals surface area contributed by atoms with Crippen LogP contribution in [-0.2, 0) is 0 Å². The van der Waals surface area contributed by atoms with Gasteiger partial charge < -0.3 is 15.2 Å². The first kappa shape index (κ1) is 15.2. The zero-order chi connectivity index (χ0) is 16.1. The summed E-state index contributed by atoms with van der Waals surface area (Å²) in [6.07, 6.45) is 0. The smallest absolute Gasteiger partial charge is 0.313 e. The van der Waals surface area contributed by atoms with Gasteiger partial charge in [0.15, 0.2) is 5.75 Å². The second-order valence-corrected chi connectivity index (χ2v) is 4.24. The summed E-state index contributed by atoms with van der Waals surface area (Å²) in [5.74, 6) is 0.705. The summed E-state index contributed by atoms with van der Waals surface area (Å²) in [6.45, 7) is 0. The molecule has 0 aliphatic rings. The molecule has 0 aromatic heterocycles. The first-order valence-corrected chi connectivity index (χ1v) is 6.23. The molecule has 2 N–H and O–H groups in total. The highest BCUT2D eigenvalue weighted by molar-refractivity contribution is 5.60. The Bertz CT molecular complexity index is 731. The lowest BCUT2D eigenvalue weighted by Gasteiger charge is -2.04. The van der Waals surface area contributed by atoms with Crippen LogP contribution in [-0.4, -0.2) is 19.1 Å². The SMILES string of the molecule is COc1ccc(N=Nc2ccc(OC)c([N+](=O)[O-])c2)cc1N. The number of anilines is 1. The molecule has 0 fully saturated rings. The highest BCUT2D eigenvalue weighted by Crippen LogP contribution is 2.32. The molecule has 0 heterocycles. The molecule has 2 aromatic carbocycles. The van der Waals surface area contributed by atoms with E-state index < -0.39 is 4.92 Å². The van der Waals surface area contributed by atoms with Crippen LogP contribution >= 0.6 is 0 Å². The third-order valence-corrected chi connectivity index (χ3v) is 2.85. The van der Waals surface area contributed by atoms with Crippen LogP contribution in [0.3, 0.4) is 0 Å². The number of nitro groups is 1. The summed E-state index contributed by atoms with van der Waals surface area (Å²) in [7, 11) is 2.88. The molecular weight excluding hydrogens is 288 g/mol. The van der Waals surface area contributed by atoms with Gasteiger partial charge in [0.2, 0.25) is 0 Å². The van der Waals surface area contributed by atoms with Gasteiger partial charge in [0, 0.05) is 6.07 Å². The molecule has 0 atom stereocenters. The van der Waals surface area contributed by atoms with Crippen molar-refractivity contribution < 1.29 is 14.4 Å². The van der Waals surface area contributed by atoms with Crippen LogP contribution in [0.2, 0.25) is 0 Å². The Balaban J connectivity index is 2.28. The summed E-state index contributed by atoms with van der Waals surface area (Å²) in [6, 6.07) is 9.27. The van der Waals surface area contributed by atoms with E-state index in [1.165, 1.54) is 26.4 Å². The molecule has 0 saturated heterocycles. The Kier molecular flexibility index (Phi) is 4.52. The van der Waals surface area contributed by atoms with Crippen LogP contribution in [0, 0.1) is 10.1 Å². The van der Waals surface area contributed by atoms with Crippen LogP contribution in [0.5, 0.6) is 11.5 Å². The number of hydrogen-bond donors (Lipinski definition) is 1. The maximum Gasteiger partial charge on any atom is 0.313 e. The van der Waals surface area contributed by atoms with Crippen molar-refractivity contribution in [3.05, 3.63) is 46.5 Å². The van der Waals surface area contributed by atoms with E-state index >= 15 is 0 Å². The lowest BCUT2D eigenvalue weighted by atomic mass is 10.2. The molecule has 2 aromatic rings. The van der Waals surface area contributed by atoms with Gasteiger partial charge in [-0.05, 0) is 30.3 Å². The number of azo groups is 1. The minimum absolute atomic E-state index is 0.164. The van der Waals surface area contributed by atoms with Gasteiger partial charge in [-0.1, -0.05) is 0 Å². The van der Waals surface area contributed by atoms with Crippen LogP contribution < -0.4 is 15.2 Å². The van der Waals surface area contributed by atoms with Crippen molar-refractivity contribution >= 4 is 22.7 Å². The predicted octanol–water partition coefficient (Wildman–Crippen LogP) is 3.61. The van der Waals surface area contributed by atoms with E-state index in [2.05, 4.69) is 10.2 Å². The van der Waals surface area contributed by atoms with Gasteiger partial charge >= 0.3 is 5.69 Å². The van der Waals surface area contributed by atoms with Crippen LogP contribution in [0.15, 0.2) is 46.6 Å². The topological polar surface area (TPSA) is 112 Å². The number of hydrogen-bond acceptors (Lipinski definition) is 7. The van der Waals surface area contributed by atoms with Gasteiger partial charge in [0.1, 0.15) is 5.75 Å². The fourth-order valence-electron chi connectivity index (χ4n) is 1.78. The number of nitrogens with two attached hydrogens (primary N) is 1. The molecule has 8 nitrogen and oxygen atoms in total. The molecule has 114 valence electrons. The van der Waals surface area contributed by atoms with Crippen molar-refractivity contribution in [1.29, 1.82) is 0 Å². The normalized spacial score (nSPS) is 10.6. The summed E-state index contributed by atoms with van der Waals surface area (Å²) in [4.78, 5) is 10.4. The summed E-state index contributed by atoms with van der Waals surface area (Å²) in [5.41, 5.74) is 6.87. The minimum atomic E-state index is -0.538. The zero-order valence-electron chi connectivity index (χ0n) is 12.0. The van der Waals surface area contributed by atoms with Crippen LogP contribution in [0.1, 0.15) is 0 Å². The summed E-state index contributed by atoms with van der Waals surface area (Å²) in [5, 5.41) is 18.9. The molecule has 0 saturated carbocycles. The quantitative estimate of drug-likeness (QED) is 0.392. The molecule has 0 unspecified atom stereocenters. The lowest BCUT2D eigenvalue weighted by Crippen LogP contribution is -1.92. The number of rotatable bonds is 5. The molecule has 0 aliphatic carbocycles. The van der Waals surface area contributed by atoms with E-state index in [0.29, 0.717) is 22.8 Å². The van der Waals surface area contributed by atoms with Gasteiger partial charge in [-0.2, -0.15) is 10.2 Å². The van der Waals surface area contributed by atoms with Gasteiger partial charge in [0.05, 0.1) is 36.2 Å². The standard InChI is InChI=1S/C14H14N4O4/c1-21-13-5-3-9(7-11(13)15)16-17-10-4-6-14(22-2)12(8-10)18(19)20/h3-8H,15H2,1-2H3. The number of nitrogen functional groups attached to an aromatic ring is 1.